The number of aromatic nitrogens is 2. The number of rotatable bonds is 3. The van der Waals surface area contributed by atoms with Crippen molar-refractivity contribution < 1.29 is 19.6 Å². The van der Waals surface area contributed by atoms with Gasteiger partial charge in [0.25, 0.3) is 5.91 Å². The Morgan fingerprint density at radius 1 is 1.42 bits per heavy atom. The fourth-order valence-electron chi connectivity index (χ4n) is 1.21. The lowest BCUT2D eigenvalue weighted by Crippen LogP contribution is -2.19. The number of phenols is 2. The molecule has 1 aromatic carbocycles. The van der Waals surface area contributed by atoms with E-state index in [2.05, 4.69) is 25.5 Å². The molecule has 1 amide bonds. The Hall–Kier alpha value is -3.10. The maximum Gasteiger partial charge on any atom is 0.297 e. The summed E-state index contributed by atoms with van der Waals surface area (Å²) in [5.41, 5.74) is 7.57. The van der Waals surface area contributed by atoms with Crippen LogP contribution >= 0.6 is 0 Å². The third-order valence-corrected chi connectivity index (χ3v) is 2.11. The van der Waals surface area contributed by atoms with Crippen LogP contribution in [0.1, 0.15) is 16.1 Å². The normalized spacial score (nSPS) is 10.7. The molecule has 2 aromatic rings. The first-order chi connectivity index (χ1) is 9.08. The Balaban J connectivity index is 2.04. The zero-order valence-electron chi connectivity index (χ0n) is 9.44. The molecule has 2 rings (SSSR count). The zero-order valence-corrected chi connectivity index (χ0v) is 9.44. The highest BCUT2D eigenvalue weighted by Crippen LogP contribution is 2.20. The van der Waals surface area contributed by atoms with Crippen LogP contribution in [-0.4, -0.2) is 32.6 Å². The Morgan fingerprint density at radius 3 is 2.84 bits per heavy atom. The van der Waals surface area contributed by atoms with Gasteiger partial charge in [-0.1, -0.05) is 0 Å². The molecule has 19 heavy (non-hydrogen) atoms. The number of aromatic hydroxyl groups is 2. The van der Waals surface area contributed by atoms with Crippen molar-refractivity contribution in [3.05, 3.63) is 29.5 Å². The van der Waals surface area contributed by atoms with Gasteiger partial charge in [-0.05, 0) is 22.4 Å². The number of hydrogen-bond donors (Lipinski definition) is 4. The van der Waals surface area contributed by atoms with E-state index in [4.69, 9.17) is 10.8 Å². The van der Waals surface area contributed by atoms with E-state index in [1.807, 2.05) is 0 Å². The minimum atomic E-state index is -0.701. The molecule has 0 unspecified atom stereocenters. The molecule has 0 fully saturated rings. The first kappa shape index (κ1) is 12.4. The standard InChI is InChI=1S/C10H9N5O4/c11-9-8(14-19-15-9)10(18)13-12-4-5-1-2-6(16)3-7(5)17/h1-4,16-17H,(H2,11,15)(H,13,18)/b12-4+. The fourth-order valence-corrected chi connectivity index (χ4v) is 1.21. The number of nitrogens with one attached hydrogen (secondary N) is 1. The van der Waals surface area contributed by atoms with Gasteiger partial charge in [-0.25, -0.2) is 10.1 Å². The number of nitrogen functional groups attached to an aromatic ring is 1. The van der Waals surface area contributed by atoms with Crippen molar-refractivity contribution in [1.82, 2.24) is 15.7 Å². The number of nitrogens with zero attached hydrogens (tertiary/aromatic N) is 3. The third-order valence-electron chi connectivity index (χ3n) is 2.11. The second-order valence-corrected chi connectivity index (χ2v) is 3.44. The molecule has 98 valence electrons. The summed E-state index contributed by atoms with van der Waals surface area (Å²) in [5.74, 6) is -1.12. The summed E-state index contributed by atoms with van der Waals surface area (Å²) in [5, 5.41) is 28.7. The van der Waals surface area contributed by atoms with E-state index in [0.29, 0.717) is 5.56 Å². The van der Waals surface area contributed by atoms with E-state index in [9.17, 15) is 9.90 Å². The largest absolute Gasteiger partial charge is 0.508 e. The average Bonchev–Trinajstić information content (AvgIpc) is 2.78. The summed E-state index contributed by atoms with van der Waals surface area (Å²) in [6, 6.07) is 3.93. The third kappa shape index (κ3) is 2.77. The lowest BCUT2D eigenvalue weighted by molar-refractivity contribution is 0.0946. The number of phenolic OH excluding ortho intramolecular Hbond substituents is 2. The monoisotopic (exact) mass is 263 g/mol. The molecule has 0 spiro atoms. The second-order valence-electron chi connectivity index (χ2n) is 3.44. The summed E-state index contributed by atoms with van der Waals surface area (Å²) >= 11 is 0. The molecular formula is C10H9N5O4. The van der Waals surface area contributed by atoms with E-state index in [1.54, 1.807) is 0 Å². The van der Waals surface area contributed by atoms with Gasteiger partial charge in [-0.3, -0.25) is 4.79 Å². The topological polar surface area (TPSA) is 147 Å². The minimum Gasteiger partial charge on any atom is -0.508 e. The molecule has 5 N–H and O–H groups in total. The first-order valence-corrected chi connectivity index (χ1v) is 5.01. The van der Waals surface area contributed by atoms with Crippen LogP contribution in [0.15, 0.2) is 27.9 Å². The van der Waals surface area contributed by atoms with Gasteiger partial charge < -0.3 is 15.9 Å². The minimum absolute atomic E-state index is 0.0832. The lowest BCUT2D eigenvalue weighted by Gasteiger charge is -1.99. The molecule has 1 aromatic heterocycles. The van der Waals surface area contributed by atoms with Crippen molar-refractivity contribution in [3.63, 3.8) is 0 Å². The van der Waals surface area contributed by atoms with E-state index in [1.165, 1.54) is 18.3 Å². The summed E-state index contributed by atoms with van der Waals surface area (Å²) in [6.45, 7) is 0. The lowest BCUT2D eigenvalue weighted by atomic mass is 10.2. The molecule has 0 saturated carbocycles. The Labute approximate surface area is 106 Å². The van der Waals surface area contributed by atoms with Gasteiger partial charge in [0.05, 0.1) is 6.21 Å². The van der Waals surface area contributed by atoms with Crippen LogP contribution in [0.4, 0.5) is 5.82 Å². The van der Waals surface area contributed by atoms with Crippen LogP contribution in [0, 0.1) is 0 Å². The fraction of sp³-hybridized carbons (Fsp3) is 0. The van der Waals surface area contributed by atoms with Crippen LogP contribution in [0.2, 0.25) is 0 Å². The number of amides is 1. The second kappa shape index (κ2) is 5.04. The van der Waals surface area contributed by atoms with Gasteiger partial charge >= 0.3 is 0 Å². The van der Waals surface area contributed by atoms with Gasteiger partial charge in [0.1, 0.15) is 11.5 Å². The summed E-state index contributed by atoms with van der Waals surface area (Å²) in [6.07, 6.45) is 1.19. The number of nitrogens with two attached hydrogens (primary N) is 1. The van der Waals surface area contributed by atoms with Crippen molar-refractivity contribution in [3.8, 4) is 11.5 Å². The maximum absolute atomic E-state index is 11.5. The van der Waals surface area contributed by atoms with E-state index in [0.717, 1.165) is 6.07 Å². The van der Waals surface area contributed by atoms with E-state index < -0.39 is 5.91 Å². The first-order valence-electron chi connectivity index (χ1n) is 5.01. The molecule has 9 heteroatoms. The predicted octanol–water partition coefficient (Wildman–Crippen LogP) is -0.173. The molecular weight excluding hydrogens is 254 g/mol. The molecule has 0 bridgehead atoms. The zero-order chi connectivity index (χ0) is 13.8. The van der Waals surface area contributed by atoms with E-state index in [-0.39, 0.29) is 23.0 Å². The van der Waals surface area contributed by atoms with Crippen LogP contribution in [-0.2, 0) is 0 Å². The van der Waals surface area contributed by atoms with Crippen molar-refractivity contribution >= 4 is 17.9 Å². The maximum atomic E-state index is 11.5. The highest BCUT2D eigenvalue weighted by atomic mass is 16.6. The van der Waals surface area contributed by atoms with Crippen LogP contribution in [0.5, 0.6) is 11.5 Å². The predicted molar refractivity (Wildman–Crippen MR) is 63.5 cm³/mol. The summed E-state index contributed by atoms with van der Waals surface area (Å²) in [7, 11) is 0. The van der Waals surface area contributed by atoms with Crippen molar-refractivity contribution in [2.45, 2.75) is 0 Å². The summed E-state index contributed by atoms with van der Waals surface area (Å²) < 4.78 is 4.26. The average molecular weight is 263 g/mol. The van der Waals surface area contributed by atoms with Crippen molar-refractivity contribution in [2.75, 3.05) is 5.73 Å². The van der Waals surface area contributed by atoms with Crippen LogP contribution in [0.3, 0.4) is 0 Å². The van der Waals surface area contributed by atoms with Gasteiger partial charge in [0.15, 0.2) is 0 Å². The van der Waals surface area contributed by atoms with Crippen LogP contribution < -0.4 is 11.2 Å². The molecule has 0 radical (unpaired) electrons. The molecule has 0 aliphatic rings. The molecule has 0 aliphatic heterocycles. The molecule has 0 aliphatic carbocycles. The SMILES string of the molecule is Nc1nonc1C(=O)N/N=C/c1ccc(O)cc1O. The molecule has 0 saturated heterocycles. The molecule has 1 heterocycles. The smallest absolute Gasteiger partial charge is 0.297 e. The number of hydrazone groups is 1. The number of carbonyl (C=O) groups excluding carboxylic acids is 1. The highest BCUT2D eigenvalue weighted by molar-refractivity contribution is 5.96. The number of anilines is 1. The van der Waals surface area contributed by atoms with Gasteiger partial charge in [-0.15, -0.1) is 0 Å². The number of benzene rings is 1. The summed E-state index contributed by atoms with van der Waals surface area (Å²) in [4.78, 5) is 11.5. The highest BCUT2D eigenvalue weighted by Gasteiger charge is 2.14. The van der Waals surface area contributed by atoms with Crippen molar-refractivity contribution in [2.24, 2.45) is 5.10 Å². The van der Waals surface area contributed by atoms with E-state index >= 15 is 0 Å². The molecule has 9 nitrogen and oxygen atoms in total. The number of hydrogen-bond acceptors (Lipinski definition) is 8. The van der Waals surface area contributed by atoms with Gasteiger partial charge in [0, 0.05) is 11.6 Å². The van der Waals surface area contributed by atoms with Gasteiger partial charge in [-0.2, -0.15) is 5.10 Å². The molecule has 0 atom stereocenters. The quantitative estimate of drug-likeness (QED) is 0.443. The Kier molecular flexibility index (Phi) is 3.28. The Bertz CT molecular complexity index is 637. The number of carbonyl (C=O) groups is 1. The van der Waals surface area contributed by atoms with Crippen LogP contribution in [0.25, 0.3) is 0 Å². The van der Waals surface area contributed by atoms with Gasteiger partial charge in [0.2, 0.25) is 11.5 Å². The Morgan fingerprint density at radius 2 is 2.21 bits per heavy atom. The van der Waals surface area contributed by atoms with Crippen molar-refractivity contribution in [1.29, 1.82) is 0 Å².